The van der Waals surface area contributed by atoms with Crippen molar-refractivity contribution >= 4 is 11.6 Å². The summed E-state index contributed by atoms with van der Waals surface area (Å²) in [6.07, 6.45) is 1.57. The Labute approximate surface area is 120 Å². The van der Waals surface area contributed by atoms with E-state index in [-0.39, 0.29) is 18.1 Å². The van der Waals surface area contributed by atoms with E-state index in [1.54, 1.807) is 0 Å². The number of ether oxygens (including phenoxy) is 1. The van der Waals surface area contributed by atoms with Crippen molar-refractivity contribution in [3.05, 3.63) is 30.3 Å². The van der Waals surface area contributed by atoms with Crippen molar-refractivity contribution < 1.29 is 9.53 Å². The Bertz CT molecular complexity index is 414. The van der Waals surface area contributed by atoms with E-state index in [1.165, 1.54) is 0 Å². The predicted molar refractivity (Wildman–Crippen MR) is 80.7 cm³/mol. The molecule has 0 saturated carbocycles. The van der Waals surface area contributed by atoms with E-state index < -0.39 is 0 Å². The molecule has 1 aromatic rings. The van der Waals surface area contributed by atoms with Crippen LogP contribution >= 0.6 is 0 Å². The standard InChI is InChI=1S/C16H24N2O2/c1-12(2)14(18-13-7-4-3-5-8-13)11-17-16(19)15-9-6-10-20-15/h3-5,7-8,12,14-15,18H,6,9-11H2,1-2H3,(H,17,19). The average molecular weight is 276 g/mol. The second-order valence-electron chi connectivity index (χ2n) is 5.61. The fourth-order valence-electron chi connectivity index (χ4n) is 2.31. The number of amides is 1. The Kier molecular flexibility index (Phi) is 5.41. The first-order valence-corrected chi connectivity index (χ1v) is 7.37. The smallest absolute Gasteiger partial charge is 0.249 e. The number of anilines is 1. The van der Waals surface area contributed by atoms with Crippen LogP contribution in [0.15, 0.2) is 30.3 Å². The van der Waals surface area contributed by atoms with Crippen molar-refractivity contribution in [2.75, 3.05) is 18.5 Å². The molecule has 1 saturated heterocycles. The summed E-state index contributed by atoms with van der Waals surface area (Å²) in [4.78, 5) is 12.0. The van der Waals surface area contributed by atoms with Crippen molar-refractivity contribution in [1.29, 1.82) is 0 Å². The Morgan fingerprint density at radius 2 is 2.10 bits per heavy atom. The summed E-state index contributed by atoms with van der Waals surface area (Å²) in [6, 6.07) is 10.3. The monoisotopic (exact) mass is 276 g/mol. The lowest BCUT2D eigenvalue weighted by atomic mass is 10.0. The van der Waals surface area contributed by atoms with Crippen molar-refractivity contribution in [3.63, 3.8) is 0 Å². The first-order valence-electron chi connectivity index (χ1n) is 7.37. The molecule has 0 aromatic heterocycles. The van der Waals surface area contributed by atoms with Gasteiger partial charge < -0.3 is 15.4 Å². The van der Waals surface area contributed by atoms with Gasteiger partial charge in [-0.1, -0.05) is 32.0 Å². The molecular weight excluding hydrogens is 252 g/mol. The van der Waals surface area contributed by atoms with E-state index in [0.29, 0.717) is 19.1 Å². The molecule has 4 heteroatoms. The number of carbonyl (C=O) groups is 1. The Hall–Kier alpha value is -1.55. The van der Waals surface area contributed by atoms with Gasteiger partial charge >= 0.3 is 0 Å². The number of benzene rings is 1. The van der Waals surface area contributed by atoms with Gasteiger partial charge in [-0.2, -0.15) is 0 Å². The first kappa shape index (κ1) is 14.9. The maximum atomic E-state index is 12.0. The molecular formula is C16H24N2O2. The van der Waals surface area contributed by atoms with E-state index in [2.05, 4.69) is 24.5 Å². The molecule has 1 aromatic carbocycles. The van der Waals surface area contributed by atoms with Crippen molar-refractivity contribution in [2.45, 2.75) is 38.8 Å². The van der Waals surface area contributed by atoms with Crippen molar-refractivity contribution in [2.24, 2.45) is 5.92 Å². The molecule has 0 bridgehead atoms. The first-order chi connectivity index (χ1) is 9.66. The fourth-order valence-corrected chi connectivity index (χ4v) is 2.31. The fraction of sp³-hybridized carbons (Fsp3) is 0.562. The van der Waals surface area contributed by atoms with Gasteiger partial charge in [0.05, 0.1) is 0 Å². The molecule has 0 aliphatic carbocycles. The highest BCUT2D eigenvalue weighted by atomic mass is 16.5. The third kappa shape index (κ3) is 4.23. The number of para-hydroxylation sites is 1. The highest BCUT2D eigenvalue weighted by Crippen LogP contribution is 2.14. The van der Waals surface area contributed by atoms with Gasteiger partial charge in [-0.25, -0.2) is 0 Å². The molecule has 4 nitrogen and oxygen atoms in total. The largest absolute Gasteiger partial charge is 0.380 e. The molecule has 2 N–H and O–H groups in total. The SMILES string of the molecule is CC(C)C(CNC(=O)C1CCCO1)Nc1ccccc1. The van der Waals surface area contributed by atoms with E-state index in [9.17, 15) is 4.79 Å². The minimum Gasteiger partial charge on any atom is -0.380 e. The van der Waals surface area contributed by atoms with Crippen molar-refractivity contribution in [3.8, 4) is 0 Å². The minimum absolute atomic E-state index is 0.0167. The summed E-state index contributed by atoms with van der Waals surface area (Å²) < 4.78 is 5.39. The van der Waals surface area contributed by atoms with Crippen molar-refractivity contribution in [1.82, 2.24) is 5.32 Å². The minimum atomic E-state index is -0.250. The van der Waals surface area contributed by atoms with Crippen LogP contribution < -0.4 is 10.6 Å². The van der Waals surface area contributed by atoms with Crippen LogP contribution in [0.4, 0.5) is 5.69 Å². The highest BCUT2D eigenvalue weighted by Gasteiger charge is 2.24. The molecule has 1 amide bonds. The number of carbonyl (C=O) groups excluding carboxylic acids is 1. The molecule has 1 heterocycles. The number of rotatable bonds is 6. The maximum absolute atomic E-state index is 12.0. The van der Waals surface area contributed by atoms with Crippen LogP contribution in [0.5, 0.6) is 0 Å². The van der Waals surface area contributed by atoms with Gasteiger partial charge in [-0.3, -0.25) is 4.79 Å². The molecule has 110 valence electrons. The third-order valence-electron chi connectivity index (χ3n) is 3.65. The molecule has 1 aliphatic heterocycles. The zero-order chi connectivity index (χ0) is 14.4. The van der Waals surface area contributed by atoms with E-state index >= 15 is 0 Å². The molecule has 2 rings (SSSR count). The molecule has 20 heavy (non-hydrogen) atoms. The molecule has 1 fully saturated rings. The van der Waals surface area contributed by atoms with Gasteiger partial charge in [-0.05, 0) is 30.9 Å². The third-order valence-corrected chi connectivity index (χ3v) is 3.65. The lowest BCUT2D eigenvalue weighted by molar-refractivity contribution is -0.130. The molecule has 1 aliphatic rings. The molecule has 0 radical (unpaired) electrons. The number of nitrogens with one attached hydrogen (secondary N) is 2. The zero-order valence-corrected chi connectivity index (χ0v) is 12.3. The average Bonchev–Trinajstić information content (AvgIpc) is 2.98. The van der Waals surface area contributed by atoms with Gasteiger partial charge in [-0.15, -0.1) is 0 Å². The highest BCUT2D eigenvalue weighted by molar-refractivity contribution is 5.81. The quantitative estimate of drug-likeness (QED) is 0.839. The van der Waals surface area contributed by atoms with Gasteiger partial charge in [0.1, 0.15) is 6.10 Å². The van der Waals surface area contributed by atoms with Crippen LogP contribution in [-0.4, -0.2) is 31.2 Å². The van der Waals surface area contributed by atoms with Gasteiger partial charge in [0.2, 0.25) is 5.91 Å². The molecule has 2 unspecified atom stereocenters. The normalized spacial score (nSPS) is 19.9. The summed E-state index contributed by atoms with van der Waals surface area (Å²) in [5.41, 5.74) is 1.08. The van der Waals surface area contributed by atoms with Crippen LogP contribution in [-0.2, 0) is 9.53 Å². The van der Waals surface area contributed by atoms with E-state index in [1.807, 2.05) is 30.3 Å². The Morgan fingerprint density at radius 1 is 1.35 bits per heavy atom. The zero-order valence-electron chi connectivity index (χ0n) is 12.3. The summed E-state index contributed by atoms with van der Waals surface area (Å²) >= 11 is 0. The van der Waals surface area contributed by atoms with Crippen LogP contribution in [0.25, 0.3) is 0 Å². The Balaban J connectivity index is 1.84. The lowest BCUT2D eigenvalue weighted by Gasteiger charge is -2.24. The second kappa shape index (κ2) is 7.29. The van der Waals surface area contributed by atoms with Gasteiger partial charge in [0.15, 0.2) is 0 Å². The lowest BCUT2D eigenvalue weighted by Crippen LogP contribution is -2.43. The summed E-state index contributed by atoms with van der Waals surface area (Å²) in [6.45, 7) is 5.62. The van der Waals surface area contributed by atoms with E-state index in [4.69, 9.17) is 4.74 Å². The number of hydrogen-bond acceptors (Lipinski definition) is 3. The Morgan fingerprint density at radius 3 is 2.70 bits per heavy atom. The molecule has 0 spiro atoms. The predicted octanol–water partition coefficient (Wildman–Crippen LogP) is 2.42. The molecule has 2 atom stereocenters. The maximum Gasteiger partial charge on any atom is 0.249 e. The number of hydrogen-bond donors (Lipinski definition) is 2. The summed E-state index contributed by atoms with van der Waals surface area (Å²) in [5, 5.41) is 6.47. The summed E-state index contributed by atoms with van der Waals surface area (Å²) in [5.74, 6) is 0.447. The van der Waals surface area contributed by atoms with Crippen LogP contribution in [0.3, 0.4) is 0 Å². The van der Waals surface area contributed by atoms with E-state index in [0.717, 1.165) is 18.5 Å². The van der Waals surface area contributed by atoms with Crippen LogP contribution in [0.2, 0.25) is 0 Å². The van der Waals surface area contributed by atoms with Crippen LogP contribution in [0.1, 0.15) is 26.7 Å². The summed E-state index contributed by atoms with van der Waals surface area (Å²) in [7, 11) is 0. The van der Waals surface area contributed by atoms with Gasteiger partial charge in [0, 0.05) is 24.9 Å². The van der Waals surface area contributed by atoms with Crippen LogP contribution in [0, 0.1) is 5.92 Å². The second-order valence-corrected chi connectivity index (χ2v) is 5.61. The van der Waals surface area contributed by atoms with Gasteiger partial charge in [0.25, 0.3) is 0 Å². The topological polar surface area (TPSA) is 50.4 Å².